The highest BCUT2D eigenvalue weighted by atomic mass is 32.2. The van der Waals surface area contributed by atoms with Gasteiger partial charge in [0.1, 0.15) is 10.9 Å². The van der Waals surface area contributed by atoms with E-state index in [2.05, 4.69) is 4.98 Å². The predicted octanol–water partition coefficient (Wildman–Crippen LogP) is 4.36. The van der Waals surface area contributed by atoms with Crippen LogP contribution in [0.2, 0.25) is 0 Å². The summed E-state index contributed by atoms with van der Waals surface area (Å²) in [6, 6.07) is 5.58. The van der Waals surface area contributed by atoms with E-state index < -0.39 is 5.92 Å². The van der Waals surface area contributed by atoms with E-state index in [1.165, 1.54) is 23.1 Å². The van der Waals surface area contributed by atoms with Crippen molar-refractivity contribution in [2.45, 2.75) is 19.8 Å². The highest BCUT2D eigenvalue weighted by Gasteiger charge is 2.38. The Hall–Kier alpha value is -2.12. The fraction of sp³-hybridized carbons (Fsp3) is 0.278. The van der Waals surface area contributed by atoms with Gasteiger partial charge in [0, 0.05) is 11.6 Å². The third kappa shape index (κ3) is 3.77. The molecule has 1 atom stereocenters. The molecule has 1 aromatic heterocycles. The van der Waals surface area contributed by atoms with E-state index in [9.17, 15) is 4.79 Å². The standard InChI is InChI=1S/C18H18N2O3S2/c1-3-22-12-6-5-11(9-13(12)23-4-2)10-14-16(21)15(17(19)25-14)18-20-7-8-24-18/h5-10,15,19H,3-4H2,1-2H3/b14-10-,19-17?/t15-/m0/s1. The average molecular weight is 374 g/mol. The molecule has 25 heavy (non-hydrogen) atoms. The molecule has 1 fully saturated rings. The molecule has 0 bridgehead atoms. The number of nitrogens with zero attached hydrogens (tertiary/aromatic N) is 1. The molecule has 2 heterocycles. The lowest BCUT2D eigenvalue weighted by Crippen LogP contribution is -2.11. The Balaban J connectivity index is 1.89. The minimum Gasteiger partial charge on any atom is -0.490 e. The largest absolute Gasteiger partial charge is 0.490 e. The molecule has 3 rings (SSSR count). The molecule has 0 saturated carbocycles. The highest BCUT2D eigenvalue weighted by molar-refractivity contribution is 8.19. The second-order valence-corrected chi connectivity index (χ2v) is 7.22. The van der Waals surface area contributed by atoms with Gasteiger partial charge in [-0.15, -0.1) is 11.3 Å². The number of hydrogen-bond donors (Lipinski definition) is 1. The van der Waals surface area contributed by atoms with Gasteiger partial charge in [-0.05, 0) is 37.6 Å². The number of carbonyl (C=O) groups is 1. The average Bonchev–Trinajstić information content (AvgIpc) is 3.19. The van der Waals surface area contributed by atoms with E-state index in [1.54, 1.807) is 12.3 Å². The van der Waals surface area contributed by atoms with Crippen LogP contribution in [-0.4, -0.2) is 29.0 Å². The minimum atomic E-state index is -0.565. The number of thioether (sulfide) groups is 1. The van der Waals surface area contributed by atoms with Crippen molar-refractivity contribution in [3.8, 4) is 11.5 Å². The Morgan fingerprint density at radius 2 is 2.00 bits per heavy atom. The van der Waals surface area contributed by atoms with Crippen LogP contribution in [-0.2, 0) is 4.79 Å². The number of hydrogen-bond acceptors (Lipinski definition) is 7. The molecule has 1 aliphatic heterocycles. The number of benzene rings is 1. The quantitative estimate of drug-likeness (QED) is 0.761. The summed E-state index contributed by atoms with van der Waals surface area (Å²) in [5.41, 5.74) is 0.843. The van der Waals surface area contributed by atoms with Crippen LogP contribution in [0.4, 0.5) is 0 Å². The van der Waals surface area contributed by atoms with E-state index in [0.717, 1.165) is 5.56 Å². The molecule has 2 aromatic rings. The highest BCUT2D eigenvalue weighted by Crippen LogP contribution is 2.41. The molecule has 130 valence electrons. The Kier molecular flexibility index (Phi) is 5.55. The van der Waals surface area contributed by atoms with Gasteiger partial charge in [0.15, 0.2) is 17.3 Å². The Bertz CT molecular complexity index is 816. The van der Waals surface area contributed by atoms with Gasteiger partial charge in [-0.25, -0.2) is 4.98 Å². The van der Waals surface area contributed by atoms with Crippen LogP contribution in [0.15, 0.2) is 34.7 Å². The van der Waals surface area contributed by atoms with Gasteiger partial charge >= 0.3 is 0 Å². The molecule has 5 nitrogen and oxygen atoms in total. The van der Waals surface area contributed by atoms with E-state index in [-0.39, 0.29) is 5.78 Å². The van der Waals surface area contributed by atoms with Crippen LogP contribution in [0.3, 0.4) is 0 Å². The monoisotopic (exact) mass is 374 g/mol. The number of allylic oxidation sites excluding steroid dienone is 1. The third-order valence-corrected chi connectivity index (χ3v) is 5.39. The molecular weight excluding hydrogens is 356 g/mol. The van der Waals surface area contributed by atoms with Crippen LogP contribution < -0.4 is 9.47 Å². The maximum Gasteiger partial charge on any atom is 0.186 e. The first-order chi connectivity index (χ1) is 12.1. The molecule has 0 spiro atoms. The van der Waals surface area contributed by atoms with Crippen molar-refractivity contribution in [1.82, 2.24) is 4.98 Å². The minimum absolute atomic E-state index is 0.0724. The summed E-state index contributed by atoms with van der Waals surface area (Å²) in [5, 5.41) is 10.9. The normalized spacial score (nSPS) is 18.8. The second kappa shape index (κ2) is 7.84. The third-order valence-electron chi connectivity index (χ3n) is 3.55. The molecular formula is C18H18N2O3S2. The van der Waals surface area contributed by atoms with Gasteiger partial charge in [0.2, 0.25) is 0 Å². The molecule has 0 unspecified atom stereocenters. The lowest BCUT2D eigenvalue weighted by molar-refractivity contribution is -0.114. The smallest absolute Gasteiger partial charge is 0.186 e. The summed E-state index contributed by atoms with van der Waals surface area (Å²) in [7, 11) is 0. The summed E-state index contributed by atoms with van der Waals surface area (Å²) < 4.78 is 11.2. The first kappa shape index (κ1) is 17.7. The van der Waals surface area contributed by atoms with Crippen molar-refractivity contribution in [2.75, 3.05) is 13.2 Å². The van der Waals surface area contributed by atoms with Crippen LogP contribution in [0, 0.1) is 5.41 Å². The topological polar surface area (TPSA) is 72.3 Å². The van der Waals surface area contributed by atoms with Crippen molar-refractivity contribution >= 4 is 40.0 Å². The number of Topliss-reactive ketones (excluding diaryl/α,β-unsaturated/α-hetero) is 1. The fourth-order valence-corrected chi connectivity index (χ4v) is 4.31. The molecule has 1 N–H and O–H groups in total. The van der Waals surface area contributed by atoms with Crippen LogP contribution in [0.25, 0.3) is 6.08 Å². The molecule has 7 heteroatoms. The van der Waals surface area contributed by atoms with E-state index in [1.807, 2.05) is 37.4 Å². The molecule has 0 amide bonds. The SMILES string of the molecule is CCOc1ccc(/C=C2\SC(=N)[C@@H](c3nccs3)C2=O)cc1OCC. The molecule has 1 saturated heterocycles. The first-order valence-electron chi connectivity index (χ1n) is 7.95. The van der Waals surface area contributed by atoms with Gasteiger partial charge in [0.25, 0.3) is 0 Å². The van der Waals surface area contributed by atoms with E-state index >= 15 is 0 Å². The second-order valence-electron chi connectivity index (χ2n) is 5.21. The van der Waals surface area contributed by atoms with Crippen molar-refractivity contribution in [3.63, 3.8) is 0 Å². The molecule has 0 radical (unpaired) electrons. The van der Waals surface area contributed by atoms with E-state index in [0.29, 0.717) is 39.7 Å². The first-order valence-corrected chi connectivity index (χ1v) is 9.64. The zero-order chi connectivity index (χ0) is 17.8. The Morgan fingerprint density at radius 3 is 2.68 bits per heavy atom. The van der Waals surface area contributed by atoms with Gasteiger partial charge in [-0.2, -0.15) is 0 Å². The summed E-state index contributed by atoms with van der Waals surface area (Å²) in [5.74, 6) is 0.702. The number of nitrogens with one attached hydrogen (secondary N) is 1. The van der Waals surface area contributed by atoms with Crippen molar-refractivity contribution in [3.05, 3.63) is 45.3 Å². The number of thiazole rings is 1. The van der Waals surface area contributed by atoms with Gasteiger partial charge in [0.05, 0.1) is 23.2 Å². The molecule has 1 aromatic carbocycles. The lowest BCUT2D eigenvalue weighted by atomic mass is 10.0. The van der Waals surface area contributed by atoms with Crippen LogP contribution in [0.1, 0.15) is 30.3 Å². The summed E-state index contributed by atoms with van der Waals surface area (Å²) in [6.07, 6.45) is 3.46. The maximum absolute atomic E-state index is 12.7. The van der Waals surface area contributed by atoms with Gasteiger partial charge < -0.3 is 9.47 Å². The van der Waals surface area contributed by atoms with Crippen molar-refractivity contribution in [2.24, 2.45) is 0 Å². The summed E-state index contributed by atoms with van der Waals surface area (Å²) in [4.78, 5) is 17.4. The summed E-state index contributed by atoms with van der Waals surface area (Å²) in [6.45, 7) is 4.92. The maximum atomic E-state index is 12.7. The number of ketones is 1. The van der Waals surface area contributed by atoms with E-state index in [4.69, 9.17) is 14.9 Å². The number of carbonyl (C=O) groups excluding carboxylic acids is 1. The number of aromatic nitrogens is 1. The zero-order valence-corrected chi connectivity index (χ0v) is 15.6. The predicted molar refractivity (Wildman–Crippen MR) is 102 cm³/mol. The van der Waals surface area contributed by atoms with Crippen molar-refractivity contribution in [1.29, 1.82) is 5.41 Å². The fourth-order valence-electron chi connectivity index (χ4n) is 2.50. The van der Waals surface area contributed by atoms with Gasteiger partial charge in [-0.1, -0.05) is 17.8 Å². The lowest BCUT2D eigenvalue weighted by Gasteiger charge is -2.11. The summed E-state index contributed by atoms with van der Waals surface area (Å²) >= 11 is 2.60. The van der Waals surface area contributed by atoms with Crippen LogP contribution in [0.5, 0.6) is 11.5 Å². The molecule has 0 aliphatic carbocycles. The number of ether oxygens (including phenoxy) is 2. The van der Waals surface area contributed by atoms with Gasteiger partial charge in [-0.3, -0.25) is 10.2 Å². The van der Waals surface area contributed by atoms with Crippen LogP contribution >= 0.6 is 23.1 Å². The Labute approximate surface area is 154 Å². The number of rotatable bonds is 6. The van der Waals surface area contributed by atoms with Crippen molar-refractivity contribution < 1.29 is 14.3 Å². The Morgan fingerprint density at radius 1 is 1.24 bits per heavy atom. The molecule has 1 aliphatic rings. The zero-order valence-electron chi connectivity index (χ0n) is 13.9.